The molecule has 1 fully saturated rings. The van der Waals surface area contributed by atoms with Gasteiger partial charge in [-0.1, -0.05) is 11.6 Å². The molecule has 0 aromatic carbocycles. The zero-order valence-corrected chi connectivity index (χ0v) is 21.1. The van der Waals surface area contributed by atoms with Gasteiger partial charge in [0.05, 0.1) is 22.4 Å². The summed E-state index contributed by atoms with van der Waals surface area (Å²) in [5.41, 5.74) is 3.22. The summed E-state index contributed by atoms with van der Waals surface area (Å²) in [4.78, 5) is 8.65. The first-order valence-corrected chi connectivity index (χ1v) is 12.8. The lowest BCUT2D eigenvalue weighted by Crippen LogP contribution is -2.26. The molecule has 3 aromatic rings. The lowest BCUT2D eigenvalue weighted by molar-refractivity contribution is 0.0972. The van der Waals surface area contributed by atoms with E-state index >= 15 is 0 Å². The molecule has 0 radical (unpaired) electrons. The van der Waals surface area contributed by atoms with Gasteiger partial charge in [0.1, 0.15) is 11.8 Å². The normalized spacial score (nSPS) is 18.4. The number of nitrogens with zero attached hydrogens (tertiary/aromatic N) is 6. The van der Waals surface area contributed by atoms with Crippen LogP contribution in [-0.4, -0.2) is 61.0 Å². The van der Waals surface area contributed by atoms with E-state index in [-0.39, 0.29) is 16.9 Å². The molecule has 0 amide bonds. The number of H-pyrrole nitrogens is 1. The number of fused-ring (bicyclic) bond motifs is 1. The second-order valence-electron chi connectivity index (χ2n) is 8.92. The molecule has 2 aliphatic rings. The van der Waals surface area contributed by atoms with Crippen LogP contribution in [0.5, 0.6) is 0 Å². The standard InChI is InChI=1S/C22H29ClN8O2S/c1-13(18(33-3)19-24-10-14(23)11-25-19)34-30-21-29-28-20(31(21)22(8-9-22)12-32-2)17-15-6-4-5-7-16(15)26-27-17/h10-11,13,18H,4-9,12H2,1-3H3,(H,26,27)(H,29,30). The first kappa shape index (κ1) is 23.5. The molecule has 0 bridgehead atoms. The van der Waals surface area contributed by atoms with Gasteiger partial charge in [-0.25, -0.2) is 9.97 Å². The third-order valence-electron chi connectivity index (χ3n) is 6.56. The maximum atomic E-state index is 5.94. The Morgan fingerprint density at radius 1 is 1.21 bits per heavy atom. The number of aryl methyl sites for hydroxylation is 1. The molecule has 0 spiro atoms. The Morgan fingerprint density at radius 2 is 1.97 bits per heavy atom. The molecule has 182 valence electrons. The maximum Gasteiger partial charge on any atom is 0.235 e. The minimum Gasteiger partial charge on any atom is -0.382 e. The van der Waals surface area contributed by atoms with Gasteiger partial charge in [0.2, 0.25) is 5.95 Å². The van der Waals surface area contributed by atoms with Crippen LogP contribution < -0.4 is 4.72 Å². The van der Waals surface area contributed by atoms with E-state index < -0.39 is 0 Å². The van der Waals surface area contributed by atoms with E-state index in [1.165, 1.54) is 36.0 Å². The first-order chi connectivity index (χ1) is 16.6. The summed E-state index contributed by atoms with van der Waals surface area (Å²) in [7, 11) is 3.39. The van der Waals surface area contributed by atoms with Gasteiger partial charge in [0.15, 0.2) is 11.6 Å². The Balaban J connectivity index is 1.42. The fourth-order valence-corrected chi connectivity index (χ4v) is 5.53. The molecule has 34 heavy (non-hydrogen) atoms. The molecule has 0 saturated heterocycles. The van der Waals surface area contributed by atoms with Crippen LogP contribution in [-0.2, 0) is 27.9 Å². The van der Waals surface area contributed by atoms with Gasteiger partial charge in [0, 0.05) is 37.9 Å². The van der Waals surface area contributed by atoms with Crippen molar-refractivity contribution in [1.29, 1.82) is 0 Å². The number of anilines is 1. The maximum absolute atomic E-state index is 5.94. The highest BCUT2D eigenvalue weighted by atomic mass is 35.5. The average Bonchev–Trinajstić information content (AvgIpc) is 3.30. The minimum absolute atomic E-state index is 0.0181. The summed E-state index contributed by atoms with van der Waals surface area (Å²) >= 11 is 7.44. The smallest absolute Gasteiger partial charge is 0.235 e. The van der Waals surface area contributed by atoms with E-state index in [0.717, 1.165) is 37.2 Å². The van der Waals surface area contributed by atoms with Crippen LogP contribution in [0.25, 0.3) is 11.5 Å². The number of methoxy groups -OCH3 is 2. The van der Waals surface area contributed by atoms with Gasteiger partial charge >= 0.3 is 0 Å². The van der Waals surface area contributed by atoms with E-state index in [2.05, 4.69) is 46.6 Å². The summed E-state index contributed by atoms with van der Waals surface area (Å²) in [6.07, 6.45) is 9.25. The van der Waals surface area contributed by atoms with Crippen molar-refractivity contribution in [2.45, 2.75) is 62.3 Å². The second kappa shape index (κ2) is 9.80. The molecule has 2 atom stereocenters. The third-order valence-corrected chi connectivity index (χ3v) is 7.67. The summed E-state index contributed by atoms with van der Waals surface area (Å²) in [5.74, 6) is 2.05. The quantitative estimate of drug-likeness (QED) is 0.395. The zero-order chi connectivity index (χ0) is 23.7. The van der Waals surface area contributed by atoms with Crippen molar-refractivity contribution in [2.75, 3.05) is 25.5 Å². The molecule has 3 heterocycles. The minimum atomic E-state index is -0.321. The first-order valence-electron chi connectivity index (χ1n) is 11.5. The van der Waals surface area contributed by atoms with Crippen LogP contribution in [0.1, 0.15) is 55.8 Å². The molecule has 1 saturated carbocycles. The fraction of sp³-hybridized carbons (Fsp3) is 0.591. The SMILES string of the molecule is COCC1(n2c(NSC(C)C(OC)c3ncc(Cl)cn3)nnc2-c2n[nH]c3c2CCCC3)CC1. The van der Waals surface area contributed by atoms with Crippen LogP contribution in [0.15, 0.2) is 12.4 Å². The number of ether oxygens (including phenoxy) is 2. The number of aromatic nitrogens is 7. The topological polar surface area (TPSA) is 116 Å². The lowest BCUT2D eigenvalue weighted by Gasteiger charge is -2.23. The van der Waals surface area contributed by atoms with Crippen molar-refractivity contribution < 1.29 is 9.47 Å². The monoisotopic (exact) mass is 504 g/mol. The number of rotatable bonds is 10. The van der Waals surface area contributed by atoms with Crippen LogP contribution in [0.4, 0.5) is 5.95 Å². The number of aromatic amines is 1. The van der Waals surface area contributed by atoms with Crippen LogP contribution in [0.3, 0.4) is 0 Å². The number of nitrogens with one attached hydrogen (secondary N) is 2. The van der Waals surface area contributed by atoms with Crippen molar-refractivity contribution >= 4 is 29.5 Å². The van der Waals surface area contributed by atoms with E-state index in [1.807, 2.05) is 0 Å². The lowest BCUT2D eigenvalue weighted by atomic mass is 9.95. The van der Waals surface area contributed by atoms with Gasteiger partial charge in [-0.05, 0) is 57.4 Å². The van der Waals surface area contributed by atoms with Crippen LogP contribution in [0, 0.1) is 0 Å². The molecule has 2 N–H and O–H groups in total. The van der Waals surface area contributed by atoms with Crippen LogP contribution in [0.2, 0.25) is 5.02 Å². The Labute approximate surface area is 207 Å². The highest BCUT2D eigenvalue weighted by Crippen LogP contribution is 2.48. The molecular formula is C22H29ClN8O2S. The highest BCUT2D eigenvalue weighted by molar-refractivity contribution is 8.01. The van der Waals surface area contributed by atoms with Crippen molar-refractivity contribution in [2.24, 2.45) is 0 Å². The molecule has 5 rings (SSSR count). The molecule has 3 aromatic heterocycles. The van der Waals surface area contributed by atoms with E-state index in [4.69, 9.17) is 21.1 Å². The van der Waals surface area contributed by atoms with Crippen molar-refractivity contribution in [3.8, 4) is 11.5 Å². The van der Waals surface area contributed by atoms with Crippen molar-refractivity contribution in [1.82, 2.24) is 34.9 Å². The Hall–Kier alpha value is -2.21. The van der Waals surface area contributed by atoms with Crippen molar-refractivity contribution in [3.05, 3.63) is 34.5 Å². The fourth-order valence-electron chi connectivity index (χ4n) is 4.65. The van der Waals surface area contributed by atoms with Gasteiger partial charge in [-0.3, -0.25) is 14.4 Å². The second-order valence-corrected chi connectivity index (χ2v) is 10.5. The molecule has 2 aliphatic carbocycles. The van der Waals surface area contributed by atoms with Crippen LogP contribution >= 0.6 is 23.5 Å². The number of hydrogen-bond donors (Lipinski definition) is 2. The van der Waals surface area contributed by atoms with Gasteiger partial charge in [-0.15, -0.1) is 10.2 Å². The molecule has 2 unspecified atom stereocenters. The third kappa shape index (κ3) is 4.41. The summed E-state index contributed by atoms with van der Waals surface area (Å²) in [5, 5.41) is 17.5. The number of hydrogen-bond acceptors (Lipinski definition) is 9. The van der Waals surface area contributed by atoms with E-state index in [0.29, 0.717) is 23.4 Å². The summed E-state index contributed by atoms with van der Waals surface area (Å²) in [6, 6.07) is 0. The summed E-state index contributed by atoms with van der Waals surface area (Å²) < 4.78 is 16.9. The van der Waals surface area contributed by atoms with Gasteiger partial charge in [-0.2, -0.15) is 5.10 Å². The van der Waals surface area contributed by atoms with E-state index in [1.54, 1.807) is 26.6 Å². The van der Waals surface area contributed by atoms with Gasteiger partial charge < -0.3 is 9.47 Å². The molecular weight excluding hydrogens is 476 g/mol. The largest absolute Gasteiger partial charge is 0.382 e. The Morgan fingerprint density at radius 3 is 2.68 bits per heavy atom. The zero-order valence-electron chi connectivity index (χ0n) is 19.5. The average molecular weight is 505 g/mol. The number of halogens is 1. The molecule has 12 heteroatoms. The Kier molecular flexibility index (Phi) is 6.79. The van der Waals surface area contributed by atoms with E-state index in [9.17, 15) is 0 Å². The highest BCUT2D eigenvalue weighted by Gasteiger charge is 2.48. The Bertz CT molecular complexity index is 1130. The van der Waals surface area contributed by atoms with Gasteiger partial charge in [0.25, 0.3) is 0 Å². The predicted octanol–water partition coefficient (Wildman–Crippen LogP) is 3.96. The summed E-state index contributed by atoms with van der Waals surface area (Å²) in [6.45, 7) is 2.65. The molecule has 10 nitrogen and oxygen atoms in total. The van der Waals surface area contributed by atoms with Crippen molar-refractivity contribution in [3.63, 3.8) is 0 Å². The predicted molar refractivity (Wildman–Crippen MR) is 131 cm³/mol. The molecule has 0 aliphatic heterocycles.